The zero-order valence-electron chi connectivity index (χ0n) is 11.3. The summed E-state index contributed by atoms with van der Waals surface area (Å²) in [6.45, 7) is 0. The number of halogens is 1. The molecule has 0 radical (unpaired) electrons. The van der Waals surface area contributed by atoms with E-state index in [1.54, 1.807) is 22.9 Å². The molecule has 0 aromatic carbocycles. The molecule has 21 heavy (non-hydrogen) atoms. The van der Waals surface area contributed by atoms with Gasteiger partial charge in [-0.25, -0.2) is 9.50 Å². The van der Waals surface area contributed by atoms with Gasteiger partial charge in [-0.15, -0.1) is 0 Å². The van der Waals surface area contributed by atoms with Crippen molar-refractivity contribution in [2.24, 2.45) is 0 Å². The molecule has 0 saturated heterocycles. The summed E-state index contributed by atoms with van der Waals surface area (Å²) >= 11 is 5.85. The SMILES string of the molecule is O=C(/C=C1/CCC[C@H](O)C1)Nc1cnn2ccc(Cl)nc12. The lowest BCUT2D eigenvalue weighted by Crippen LogP contribution is -2.16. The van der Waals surface area contributed by atoms with Crippen LogP contribution in [0.1, 0.15) is 25.7 Å². The van der Waals surface area contributed by atoms with E-state index in [1.807, 2.05) is 0 Å². The molecule has 0 spiro atoms. The van der Waals surface area contributed by atoms with Crippen molar-refractivity contribution in [3.63, 3.8) is 0 Å². The lowest BCUT2D eigenvalue weighted by atomic mass is 9.92. The monoisotopic (exact) mass is 306 g/mol. The molecular formula is C14H15ClN4O2. The number of aliphatic hydroxyl groups excluding tert-OH is 1. The van der Waals surface area contributed by atoms with Crippen molar-refractivity contribution in [1.29, 1.82) is 0 Å². The molecule has 7 heteroatoms. The highest BCUT2D eigenvalue weighted by atomic mass is 35.5. The van der Waals surface area contributed by atoms with Gasteiger partial charge in [0.25, 0.3) is 0 Å². The van der Waals surface area contributed by atoms with Crippen LogP contribution in [0.2, 0.25) is 5.15 Å². The predicted octanol–water partition coefficient (Wildman–Crippen LogP) is 2.18. The van der Waals surface area contributed by atoms with Crippen LogP contribution >= 0.6 is 11.6 Å². The molecule has 1 fully saturated rings. The molecule has 0 unspecified atom stereocenters. The van der Waals surface area contributed by atoms with Gasteiger partial charge in [-0.05, 0) is 31.7 Å². The quantitative estimate of drug-likeness (QED) is 0.658. The number of carbonyl (C=O) groups excluding carboxylic acids is 1. The van der Waals surface area contributed by atoms with Gasteiger partial charge >= 0.3 is 0 Å². The van der Waals surface area contributed by atoms with E-state index in [-0.39, 0.29) is 12.0 Å². The Morgan fingerprint density at radius 2 is 2.43 bits per heavy atom. The molecule has 1 amide bonds. The van der Waals surface area contributed by atoms with Gasteiger partial charge in [0.2, 0.25) is 5.91 Å². The van der Waals surface area contributed by atoms with Crippen molar-refractivity contribution in [2.45, 2.75) is 31.8 Å². The highest BCUT2D eigenvalue weighted by Crippen LogP contribution is 2.23. The van der Waals surface area contributed by atoms with Gasteiger partial charge in [0.05, 0.1) is 12.3 Å². The first-order valence-corrected chi connectivity index (χ1v) is 7.18. The fraction of sp³-hybridized carbons (Fsp3) is 0.357. The van der Waals surface area contributed by atoms with E-state index in [4.69, 9.17) is 11.6 Å². The van der Waals surface area contributed by atoms with E-state index in [1.165, 1.54) is 6.20 Å². The number of anilines is 1. The van der Waals surface area contributed by atoms with Gasteiger partial charge in [0, 0.05) is 12.3 Å². The van der Waals surface area contributed by atoms with E-state index >= 15 is 0 Å². The third-order valence-electron chi connectivity index (χ3n) is 3.46. The number of amides is 1. The molecule has 0 aliphatic heterocycles. The minimum Gasteiger partial charge on any atom is -0.393 e. The lowest BCUT2D eigenvalue weighted by Gasteiger charge is -2.19. The summed E-state index contributed by atoms with van der Waals surface area (Å²) in [5.41, 5.74) is 1.97. The molecule has 1 aliphatic carbocycles. The average Bonchev–Trinajstić information content (AvgIpc) is 2.81. The molecule has 110 valence electrons. The maximum atomic E-state index is 12.0. The Kier molecular flexibility index (Phi) is 3.90. The summed E-state index contributed by atoms with van der Waals surface area (Å²) < 4.78 is 1.54. The average molecular weight is 307 g/mol. The maximum Gasteiger partial charge on any atom is 0.248 e. The molecule has 2 heterocycles. The molecule has 2 aromatic heterocycles. The van der Waals surface area contributed by atoms with E-state index in [9.17, 15) is 9.90 Å². The smallest absolute Gasteiger partial charge is 0.248 e. The third-order valence-corrected chi connectivity index (χ3v) is 3.67. The summed E-state index contributed by atoms with van der Waals surface area (Å²) in [5.74, 6) is -0.240. The van der Waals surface area contributed by atoms with Crippen molar-refractivity contribution < 1.29 is 9.90 Å². The van der Waals surface area contributed by atoms with Gasteiger partial charge in [-0.2, -0.15) is 5.10 Å². The molecule has 1 saturated carbocycles. The van der Waals surface area contributed by atoms with Crippen LogP contribution in [0, 0.1) is 0 Å². The Bertz CT molecular complexity index is 710. The number of nitrogens with one attached hydrogen (secondary N) is 1. The Hall–Kier alpha value is -1.92. The van der Waals surface area contributed by atoms with Crippen molar-refractivity contribution in [1.82, 2.24) is 14.6 Å². The van der Waals surface area contributed by atoms with Crippen LogP contribution < -0.4 is 5.32 Å². The summed E-state index contributed by atoms with van der Waals surface area (Å²) in [4.78, 5) is 16.2. The predicted molar refractivity (Wildman–Crippen MR) is 79.2 cm³/mol. The van der Waals surface area contributed by atoms with Crippen LogP contribution in [-0.2, 0) is 4.79 Å². The Labute approximate surface area is 126 Å². The Balaban J connectivity index is 1.77. The molecule has 3 rings (SSSR count). The number of hydrogen-bond acceptors (Lipinski definition) is 4. The van der Waals surface area contributed by atoms with Crippen LogP contribution in [0.3, 0.4) is 0 Å². The molecule has 0 bridgehead atoms. The van der Waals surface area contributed by atoms with Crippen molar-refractivity contribution in [3.8, 4) is 0 Å². The van der Waals surface area contributed by atoms with Crippen LogP contribution in [0.5, 0.6) is 0 Å². The van der Waals surface area contributed by atoms with E-state index in [0.29, 0.717) is 22.9 Å². The fourth-order valence-electron chi connectivity index (χ4n) is 2.49. The molecule has 1 aliphatic rings. The number of aromatic nitrogens is 3. The normalized spacial score (nSPS) is 20.9. The van der Waals surface area contributed by atoms with Crippen LogP contribution in [0.25, 0.3) is 5.65 Å². The van der Waals surface area contributed by atoms with Gasteiger partial charge in [-0.1, -0.05) is 17.2 Å². The molecular weight excluding hydrogens is 292 g/mol. The topological polar surface area (TPSA) is 79.5 Å². The molecule has 1 atom stereocenters. The first-order valence-electron chi connectivity index (χ1n) is 6.80. The largest absolute Gasteiger partial charge is 0.393 e. The zero-order valence-corrected chi connectivity index (χ0v) is 12.0. The number of hydrogen-bond donors (Lipinski definition) is 2. The van der Waals surface area contributed by atoms with Crippen molar-refractivity contribution >= 4 is 28.8 Å². The summed E-state index contributed by atoms with van der Waals surface area (Å²) in [5, 5.41) is 16.8. The van der Waals surface area contributed by atoms with Crippen LogP contribution in [0.4, 0.5) is 5.69 Å². The number of nitrogens with zero attached hydrogens (tertiary/aromatic N) is 3. The standard InChI is InChI=1S/C14H15ClN4O2/c15-12-4-5-19-14(18-12)11(8-16-19)17-13(21)7-9-2-1-3-10(20)6-9/h4-5,7-8,10,20H,1-3,6H2,(H,17,21)/b9-7-/t10-/m0/s1. The van der Waals surface area contributed by atoms with Crippen LogP contribution in [0.15, 0.2) is 30.1 Å². The van der Waals surface area contributed by atoms with E-state index in [0.717, 1.165) is 24.8 Å². The molecule has 6 nitrogen and oxygen atoms in total. The van der Waals surface area contributed by atoms with Gasteiger partial charge in [0.1, 0.15) is 10.8 Å². The van der Waals surface area contributed by atoms with E-state index in [2.05, 4.69) is 15.4 Å². The second-order valence-electron chi connectivity index (χ2n) is 5.12. The number of carbonyl (C=O) groups is 1. The third kappa shape index (κ3) is 3.22. The Morgan fingerprint density at radius 1 is 1.57 bits per heavy atom. The number of fused-ring (bicyclic) bond motifs is 1. The van der Waals surface area contributed by atoms with Gasteiger partial charge in [0.15, 0.2) is 5.65 Å². The highest BCUT2D eigenvalue weighted by Gasteiger charge is 2.15. The highest BCUT2D eigenvalue weighted by molar-refractivity contribution is 6.29. The summed E-state index contributed by atoms with van der Waals surface area (Å²) in [7, 11) is 0. The second-order valence-corrected chi connectivity index (χ2v) is 5.51. The summed E-state index contributed by atoms with van der Waals surface area (Å²) in [6.07, 6.45) is 7.55. The zero-order chi connectivity index (χ0) is 14.8. The fourth-order valence-corrected chi connectivity index (χ4v) is 2.63. The molecule has 2 aromatic rings. The first-order chi connectivity index (χ1) is 10.1. The van der Waals surface area contributed by atoms with Crippen molar-refractivity contribution in [3.05, 3.63) is 35.3 Å². The second kappa shape index (κ2) is 5.83. The molecule has 2 N–H and O–H groups in total. The van der Waals surface area contributed by atoms with E-state index < -0.39 is 0 Å². The van der Waals surface area contributed by atoms with Crippen LogP contribution in [-0.4, -0.2) is 31.7 Å². The van der Waals surface area contributed by atoms with Gasteiger partial charge in [-0.3, -0.25) is 4.79 Å². The number of rotatable bonds is 2. The Morgan fingerprint density at radius 3 is 3.24 bits per heavy atom. The van der Waals surface area contributed by atoms with Crippen molar-refractivity contribution in [2.75, 3.05) is 5.32 Å². The minimum atomic E-state index is -0.338. The number of aliphatic hydroxyl groups is 1. The lowest BCUT2D eigenvalue weighted by molar-refractivity contribution is -0.112. The maximum absolute atomic E-state index is 12.0. The summed E-state index contributed by atoms with van der Waals surface area (Å²) in [6, 6.07) is 1.62. The first kappa shape index (κ1) is 14.0. The van der Waals surface area contributed by atoms with Gasteiger partial charge < -0.3 is 10.4 Å². The minimum absolute atomic E-state index is 0.240.